The summed E-state index contributed by atoms with van der Waals surface area (Å²) < 4.78 is 0. The Morgan fingerprint density at radius 2 is 1.81 bits per heavy atom. The summed E-state index contributed by atoms with van der Waals surface area (Å²) in [5.74, 6) is -7.97. The van der Waals surface area contributed by atoms with Crippen LogP contribution in [0.3, 0.4) is 0 Å². The average Bonchev–Trinajstić information content (AvgIpc) is 2.82. The number of nitrogens with two attached hydrogens (primary N) is 1. The summed E-state index contributed by atoms with van der Waals surface area (Å²) in [5.41, 5.74) is 1.53. The number of halogens is 3. The first-order valence-corrected chi connectivity index (χ1v) is 13.4. The second-order valence-corrected chi connectivity index (χ2v) is 11.5. The van der Waals surface area contributed by atoms with E-state index in [4.69, 9.17) is 17.3 Å². The maximum atomic E-state index is 13.9. The first-order valence-electron chi connectivity index (χ1n) is 13.0. The number of hydrogen-bond donors (Lipinski definition) is 7. The molecule has 0 bridgehead atoms. The molecule has 2 fully saturated rings. The number of ketones is 2. The number of nitrogens with zero attached hydrogens (tertiary/aromatic N) is 1. The number of amides is 2. The van der Waals surface area contributed by atoms with Gasteiger partial charge in [0.05, 0.1) is 23.2 Å². The summed E-state index contributed by atoms with van der Waals surface area (Å²) >= 11 is 6.41. The maximum absolute atomic E-state index is 13.9. The number of carbonyl (C=O) groups is 4. The van der Waals surface area contributed by atoms with Gasteiger partial charge in [0.25, 0.3) is 5.91 Å². The Morgan fingerprint density at radius 1 is 1.17 bits per heavy atom. The zero-order valence-electron chi connectivity index (χ0n) is 22.8. The second kappa shape index (κ2) is 12.0. The highest BCUT2D eigenvalue weighted by Gasteiger charge is 2.64. The van der Waals surface area contributed by atoms with Crippen LogP contribution < -0.4 is 16.4 Å². The van der Waals surface area contributed by atoms with E-state index in [-0.39, 0.29) is 72.1 Å². The number of rotatable bonds is 6. The number of fused-ring (bicyclic) bond motifs is 3. The highest BCUT2D eigenvalue weighted by molar-refractivity contribution is 6.34. The van der Waals surface area contributed by atoms with Crippen LogP contribution in [0.2, 0.25) is 5.02 Å². The number of primary amides is 1. The molecule has 4 atom stereocenters. The molecule has 0 aromatic heterocycles. The number of aliphatic hydroxyl groups is 3. The zero-order valence-corrected chi connectivity index (χ0v) is 25.2. The van der Waals surface area contributed by atoms with Crippen LogP contribution >= 0.6 is 36.4 Å². The van der Waals surface area contributed by atoms with Crippen molar-refractivity contribution in [2.24, 2.45) is 17.6 Å². The van der Waals surface area contributed by atoms with E-state index >= 15 is 0 Å². The van der Waals surface area contributed by atoms with Gasteiger partial charge in [0.2, 0.25) is 11.7 Å². The van der Waals surface area contributed by atoms with Gasteiger partial charge in [0.1, 0.15) is 22.8 Å². The van der Waals surface area contributed by atoms with Crippen molar-refractivity contribution >= 4 is 71.2 Å². The number of phenolic OH excluding ortho intramolecular Hbond substituents is 1. The highest BCUT2D eigenvalue weighted by atomic mass is 35.5. The van der Waals surface area contributed by atoms with E-state index in [9.17, 15) is 39.6 Å². The molecule has 8 N–H and O–H groups in total. The highest BCUT2D eigenvalue weighted by Crippen LogP contribution is 2.54. The van der Waals surface area contributed by atoms with Crippen LogP contribution in [0.5, 0.6) is 5.75 Å². The lowest BCUT2D eigenvalue weighted by molar-refractivity contribution is -0.153. The van der Waals surface area contributed by atoms with Crippen LogP contribution in [0, 0.1) is 11.8 Å². The summed E-state index contributed by atoms with van der Waals surface area (Å²) in [4.78, 5) is 53.0. The van der Waals surface area contributed by atoms with Crippen molar-refractivity contribution in [1.29, 1.82) is 0 Å². The van der Waals surface area contributed by atoms with Crippen molar-refractivity contribution in [2.75, 3.05) is 26.0 Å². The van der Waals surface area contributed by atoms with Crippen molar-refractivity contribution in [3.63, 3.8) is 0 Å². The molecule has 5 rings (SSSR count). The molecule has 1 aromatic carbocycles. The molecule has 0 radical (unpaired) electrons. The normalized spacial score (nSPS) is 26.8. The number of carbonyl (C=O) groups excluding carboxylic acids is 4. The fraction of sp³-hybridized carbons (Fsp3) is 0.481. The molecule has 12 nitrogen and oxygen atoms in total. The predicted octanol–water partition coefficient (Wildman–Crippen LogP) is 1.54. The van der Waals surface area contributed by atoms with Crippen molar-refractivity contribution in [3.05, 3.63) is 39.1 Å². The molecule has 4 aliphatic rings. The number of likely N-dealkylation sites (N-methyl/N-ethyl adjacent to an activating group) is 1. The molecule has 42 heavy (non-hydrogen) atoms. The molecular formula is C27H33Cl3N4O8. The van der Waals surface area contributed by atoms with E-state index in [1.54, 1.807) is 0 Å². The Balaban J connectivity index is 0.00000242. The van der Waals surface area contributed by atoms with Gasteiger partial charge < -0.3 is 36.8 Å². The number of hydrogen-bond acceptors (Lipinski definition) is 10. The van der Waals surface area contributed by atoms with E-state index in [1.807, 2.05) is 0 Å². The molecule has 2 amide bonds. The Bertz CT molecular complexity index is 1420. The molecule has 230 valence electrons. The molecule has 2 saturated carbocycles. The quantitative estimate of drug-likeness (QED) is 0.175. The average molecular weight is 648 g/mol. The largest absolute Gasteiger partial charge is 0.508 e. The molecule has 1 aromatic rings. The van der Waals surface area contributed by atoms with Crippen LogP contribution in [-0.2, 0) is 25.6 Å². The summed E-state index contributed by atoms with van der Waals surface area (Å²) in [7, 11) is 3.06. The number of aromatic hydroxyl groups is 1. The molecule has 15 heteroatoms. The molecule has 0 aliphatic heterocycles. The van der Waals surface area contributed by atoms with Gasteiger partial charge in [-0.05, 0) is 57.3 Å². The number of Topliss-reactive ketones (excluding diaryl/α,β-unsaturated/α-hetero) is 2. The summed E-state index contributed by atoms with van der Waals surface area (Å²) in [5, 5.41) is 50.6. The molecular weight excluding hydrogens is 615 g/mol. The minimum atomic E-state index is -2.73. The van der Waals surface area contributed by atoms with Crippen LogP contribution in [0.1, 0.15) is 36.8 Å². The van der Waals surface area contributed by atoms with Gasteiger partial charge in [0.15, 0.2) is 17.1 Å². The fourth-order valence-corrected chi connectivity index (χ4v) is 6.68. The standard InChI is InChI=1S/C27H31ClN4O8.2ClH/c1-32(2)20-13-7-10-6-11-8-14(28)19(31-15(33)9-30-12-4-3-5-12)22(35)16(11)21(34)17(10)24(37)27(13,40)25(38)18(23(20)36)26(29)39;;/h8,10,12-13,20,30,34-35,38,40H,3-7,9H2,1-2H3,(H2,29,39)(H,31,33);2*1H/t10?,13?,20-,27?;;/m0../s1. The Labute approximate surface area is 258 Å². The number of nitrogens with one attached hydrogen (secondary N) is 2. The summed E-state index contributed by atoms with van der Waals surface area (Å²) in [6.45, 7) is -0.0147. The third-order valence-corrected chi connectivity index (χ3v) is 8.88. The molecule has 4 aliphatic carbocycles. The van der Waals surface area contributed by atoms with Crippen molar-refractivity contribution in [3.8, 4) is 5.75 Å². The number of aliphatic hydroxyl groups excluding tert-OH is 2. The molecule has 3 unspecified atom stereocenters. The summed E-state index contributed by atoms with van der Waals surface area (Å²) in [6, 6.07) is 0.557. The van der Waals surface area contributed by atoms with Crippen LogP contribution in [0.4, 0.5) is 5.69 Å². The lowest BCUT2D eigenvalue weighted by atomic mass is 9.57. The maximum Gasteiger partial charge on any atom is 0.255 e. The monoisotopic (exact) mass is 646 g/mol. The molecule has 0 spiro atoms. The van der Waals surface area contributed by atoms with E-state index in [1.165, 1.54) is 25.1 Å². The van der Waals surface area contributed by atoms with Crippen LogP contribution in [-0.4, -0.2) is 87.0 Å². The first-order chi connectivity index (χ1) is 18.8. The van der Waals surface area contributed by atoms with Gasteiger partial charge in [0, 0.05) is 17.5 Å². The third-order valence-electron chi connectivity index (χ3n) is 8.58. The van der Waals surface area contributed by atoms with Crippen molar-refractivity contribution in [2.45, 2.75) is 49.8 Å². The van der Waals surface area contributed by atoms with E-state index in [2.05, 4.69) is 10.6 Å². The smallest absolute Gasteiger partial charge is 0.255 e. The second-order valence-electron chi connectivity index (χ2n) is 11.1. The Kier molecular flexibility index (Phi) is 9.62. The van der Waals surface area contributed by atoms with Gasteiger partial charge in [-0.3, -0.25) is 24.1 Å². The minimum Gasteiger partial charge on any atom is -0.508 e. The topological polar surface area (TPSA) is 203 Å². The van der Waals surface area contributed by atoms with Gasteiger partial charge in [-0.15, -0.1) is 24.8 Å². The van der Waals surface area contributed by atoms with Gasteiger partial charge in [-0.1, -0.05) is 18.0 Å². The lowest BCUT2D eigenvalue weighted by Crippen LogP contribution is -2.65. The fourth-order valence-electron chi connectivity index (χ4n) is 6.42. The van der Waals surface area contributed by atoms with Gasteiger partial charge in [-0.25, -0.2) is 0 Å². The minimum absolute atomic E-state index is 0. The number of anilines is 1. The van der Waals surface area contributed by atoms with Gasteiger partial charge in [-0.2, -0.15) is 0 Å². The first kappa shape index (κ1) is 33.6. The van der Waals surface area contributed by atoms with Crippen molar-refractivity contribution < 1.29 is 39.6 Å². The Morgan fingerprint density at radius 3 is 2.36 bits per heavy atom. The zero-order chi connectivity index (χ0) is 29.3. The van der Waals surface area contributed by atoms with Gasteiger partial charge >= 0.3 is 0 Å². The predicted molar refractivity (Wildman–Crippen MR) is 158 cm³/mol. The molecule has 0 heterocycles. The van der Waals surface area contributed by atoms with Crippen molar-refractivity contribution in [1.82, 2.24) is 10.2 Å². The van der Waals surface area contributed by atoms with Crippen LogP contribution in [0.25, 0.3) is 5.76 Å². The SMILES string of the molecule is CN(C)[C@@H]1C(=O)C(C(N)=O)=C(O)C2(O)C(=O)C3=C(O)c4c(cc(Cl)c(NC(=O)CNC5CCC5)c4O)CC3CC12.Cl.Cl. The van der Waals surface area contributed by atoms with E-state index < -0.39 is 69.7 Å². The summed E-state index contributed by atoms with van der Waals surface area (Å²) in [6.07, 6.45) is 3.09. The number of benzene rings is 1. The number of phenols is 1. The third kappa shape index (κ3) is 5.03. The van der Waals surface area contributed by atoms with E-state index in [0.29, 0.717) is 5.56 Å². The Hall–Kier alpha value is -2.87. The molecule has 0 saturated heterocycles. The lowest BCUT2D eigenvalue weighted by Gasteiger charge is -2.50. The van der Waals surface area contributed by atoms with Crippen LogP contribution in [0.15, 0.2) is 23.0 Å². The van der Waals surface area contributed by atoms with E-state index in [0.717, 1.165) is 19.3 Å².